The number of amides is 1. The maximum Gasteiger partial charge on any atom is 0.248 e. The van der Waals surface area contributed by atoms with E-state index >= 15 is 0 Å². The van der Waals surface area contributed by atoms with Gasteiger partial charge in [0.2, 0.25) is 5.91 Å². The zero-order valence-corrected chi connectivity index (χ0v) is 12.0. The zero-order valence-electron chi connectivity index (χ0n) is 10.4. The number of fused-ring (bicyclic) bond motifs is 1. The Labute approximate surface area is 123 Å². The van der Waals surface area contributed by atoms with E-state index in [1.807, 2.05) is 24.3 Å². The second kappa shape index (κ2) is 5.15. The van der Waals surface area contributed by atoms with Gasteiger partial charge in [0, 0.05) is 16.1 Å². The second-order valence-electron chi connectivity index (χ2n) is 4.17. The summed E-state index contributed by atoms with van der Waals surface area (Å²) >= 11 is 3.11. The SMILES string of the molecule is NC(=O)c1ccc(Sc2nc3ccccc3s2)c(N)c1. The number of carbonyl (C=O) groups excluding carboxylic acids is 1. The molecule has 4 N–H and O–H groups in total. The van der Waals surface area contributed by atoms with Crippen molar-refractivity contribution in [2.45, 2.75) is 9.24 Å². The third kappa shape index (κ3) is 2.48. The summed E-state index contributed by atoms with van der Waals surface area (Å²) in [4.78, 5) is 16.5. The summed E-state index contributed by atoms with van der Waals surface area (Å²) in [6.07, 6.45) is 0. The molecule has 0 spiro atoms. The number of benzene rings is 2. The van der Waals surface area contributed by atoms with Crippen LogP contribution in [0.2, 0.25) is 0 Å². The van der Waals surface area contributed by atoms with Crippen LogP contribution in [0.4, 0.5) is 5.69 Å². The number of nitrogens with two attached hydrogens (primary N) is 2. The molecule has 0 unspecified atom stereocenters. The first-order valence-corrected chi connectivity index (χ1v) is 7.49. The van der Waals surface area contributed by atoms with E-state index < -0.39 is 5.91 Å². The number of aromatic nitrogens is 1. The van der Waals surface area contributed by atoms with Gasteiger partial charge in [-0.15, -0.1) is 11.3 Å². The number of rotatable bonds is 3. The van der Waals surface area contributed by atoms with E-state index in [0.717, 1.165) is 19.5 Å². The Balaban J connectivity index is 1.92. The van der Waals surface area contributed by atoms with Gasteiger partial charge in [0.05, 0.1) is 10.2 Å². The topological polar surface area (TPSA) is 82.0 Å². The number of carbonyl (C=O) groups is 1. The lowest BCUT2D eigenvalue weighted by Crippen LogP contribution is -2.11. The Kier molecular flexibility index (Phi) is 3.33. The van der Waals surface area contributed by atoms with Crippen LogP contribution in [0.15, 0.2) is 51.7 Å². The van der Waals surface area contributed by atoms with Crippen molar-refractivity contribution in [2.75, 3.05) is 5.73 Å². The van der Waals surface area contributed by atoms with Gasteiger partial charge in [-0.05, 0) is 30.3 Å². The minimum Gasteiger partial charge on any atom is -0.398 e. The smallest absolute Gasteiger partial charge is 0.248 e. The van der Waals surface area contributed by atoms with Gasteiger partial charge < -0.3 is 11.5 Å². The molecule has 3 rings (SSSR count). The molecule has 0 saturated carbocycles. The summed E-state index contributed by atoms with van der Waals surface area (Å²) in [7, 11) is 0. The summed E-state index contributed by atoms with van der Waals surface area (Å²) < 4.78 is 2.06. The van der Waals surface area contributed by atoms with E-state index in [-0.39, 0.29) is 0 Å². The third-order valence-corrected chi connectivity index (χ3v) is 4.95. The van der Waals surface area contributed by atoms with Crippen LogP contribution in [-0.4, -0.2) is 10.9 Å². The van der Waals surface area contributed by atoms with E-state index in [0.29, 0.717) is 11.3 Å². The van der Waals surface area contributed by atoms with Gasteiger partial charge in [-0.2, -0.15) is 0 Å². The van der Waals surface area contributed by atoms with E-state index in [1.165, 1.54) is 11.8 Å². The lowest BCUT2D eigenvalue weighted by Gasteiger charge is -2.04. The Morgan fingerprint density at radius 1 is 1.20 bits per heavy atom. The summed E-state index contributed by atoms with van der Waals surface area (Å²) in [5.41, 5.74) is 13.1. The van der Waals surface area contributed by atoms with Crippen LogP contribution in [0, 0.1) is 0 Å². The molecule has 0 radical (unpaired) electrons. The first-order chi connectivity index (χ1) is 9.63. The summed E-state index contributed by atoms with van der Waals surface area (Å²) in [5.74, 6) is -0.478. The predicted molar refractivity (Wildman–Crippen MR) is 83.1 cm³/mol. The van der Waals surface area contributed by atoms with Crippen LogP contribution in [0.25, 0.3) is 10.2 Å². The Morgan fingerprint density at radius 2 is 2.00 bits per heavy atom. The van der Waals surface area contributed by atoms with E-state index in [4.69, 9.17) is 11.5 Å². The molecule has 0 fully saturated rings. The second-order valence-corrected chi connectivity index (χ2v) is 6.49. The van der Waals surface area contributed by atoms with Gasteiger partial charge in [-0.1, -0.05) is 23.9 Å². The van der Waals surface area contributed by atoms with Crippen LogP contribution in [-0.2, 0) is 0 Å². The number of hydrogen-bond acceptors (Lipinski definition) is 5. The molecule has 0 atom stereocenters. The van der Waals surface area contributed by atoms with Gasteiger partial charge in [0.15, 0.2) is 4.34 Å². The summed E-state index contributed by atoms with van der Waals surface area (Å²) in [6.45, 7) is 0. The molecule has 3 aromatic rings. The molecule has 6 heteroatoms. The van der Waals surface area contributed by atoms with Crippen LogP contribution in [0.5, 0.6) is 0 Å². The highest BCUT2D eigenvalue weighted by Gasteiger charge is 2.09. The average Bonchev–Trinajstić information content (AvgIpc) is 2.83. The molecular weight excluding hydrogens is 290 g/mol. The molecule has 0 bridgehead atoms. The lowest BCUT2D eigenvalue weighted by atomic mass is 10.2. The Hall–Kier alpha value is -2.05. The van der Waals surface area contributed by atoms with Crippen molar-refractivity contribution >= 4 is 44.9 Å². The van der Waals surface area contributed by atoms with Crippen molar-refractivity contribution in [1.29, 1.82) is 0 Å². The monoisotopic (exact) mass is 301 g/mol. The minimum atomic E-state index is -0.478. The maximum absolute atomic E-state index is 11.1. The van der Waals surface area contributed by atoms with Gasteiger partial charge in [0.1, 0.15) is 0 Å². The molecule has 1 amide bonds. The fraction of sp³-hybridized carbons (Fsp3) is 0. The molecule has 0 aliphatic heterocycles. The fourth-order valence-electron chi connectivity index (χ4n) is 1.78. The molecule has 0 aliphatic carbocycles. The van der Waals surface area contributed by atoms with Crippen molar-refractivity contribution in [3.63, 3.8) is 0 Å². The highest BCUT2D eigenvalue weighted by Crippen LogP contribution is 2.37. The molecule has 4 nitrogen and oxygen atoms in total. The zero-order chi connectivity index (χ0) is 14.1. The quantitative estimate of drug-likeness (QED) is 0.728. The van der Waals surface area contributed by atoms with Gasteiger partial charge in [-0.3, -0.25) is 4.79 Å². The normalized spacial score (nSPS) is 10.8. The maximum atomic E-state index is 11.1. The Morgan fingerprint density at radius 3 is 2.70 bits per heavy atom. The van der Waals surface area contributed by atoms with E-state index in [9.17, 15) is 4.79 Å². The van der Waals surface area contributed by atoms with E-state index in [1.54, 1.807) is 29.5 Å². The highest BCUT2D eigenvalue weighted by molar-refractivity contribution is 8.01. The van der Waals surface area contributed by atoms with Gasteiger partial charge >= 0.3 is 0 Å². The number of primary amides is 1. The largest absolute Gasteiger partial charge is 0.398 e. The van der Waals surface area contributed by atoms with Crippen molar-refractivity contribution in [3.8, 4) is 0 Å². The minimum absolute atomic E-state index is 0.413. The number of thiazole rings is 1. The molecule has 2 aromatic carbocycles. The standard InChI is InChI=1S/C14H11N3OS2/c15-9-7-8(13(16)18)5-6-11(9)19-14-17-10-3-1-2-4-12(10)20-14/h1-7H,15H2,(H2,16,18). The predicted octanol–water partition coefficient (Wildman–Crippen LogP) is 3.13. The number of anilines is 1. The molecule has 1 heterocycles. The third-order valence-electron chi connectivity index (χ3n) is 2.77. The average molecular weight is 301 g/mol. The van der Waals surface area contributed by atoms with E-state index in [2.05, 4.69) is 4.98 Å². The molecular formula is C14H11N3OS2. The molecule has 100 valence electrons. The number of nitrogens with zero attached hydrogens (tertiary/aromatic N) is 1. The lowest BCUT2D eigenvalue weighted by molar-refractivity contribution is 0.100. The fourth-order valence-corrected chi connectivity index (χ4v) is 3.83. The Bertz CT molecular complexity index is 765. The summed E-state index contributed by atoms with van der Waals surface area (Å²) in [6, 6.07) is 13.0. The number of para-hydroxylation sites is 1. The summed E-state index contributed by atoms with van der Waals surface area (Å²) in [5, 5.41) is 0. The number of nitrogen functional groups attached to an aromatic ring is 1. The van der Waals surface area contributed by atoms with Gasteiger partial charge in [0.25, 0.3) is 0 Å². The first kappa shape index (κ1) is 13.0. The van der Waals surface area contributed by atoms with Gasteiger partial charge in [-0.25, -0.2) is 4.98 Å². The molecule has 20 heavy (non-hydrogen) atoms. The van der Waals surface area contributed by atoms with Crippen LogP contribution >= 0.6 is 23.1 Å². The first-order valence-electron chi connectivity index (χ1n) is 5.86. The van der Waals surface area contributed by atoms with Crippen molar-refractivity contribution in [3.05, 3.63) is 48.0 Å². The van der Waals surface area contributed by atoms with Crippen LogP contribution in [0.3, 0.4) is 0 Å². The van der Waals surface area contributed by atoms with Crippen molar-refractivity contribution < 1.29 is 4.79 Å². The van der Waals surface area contributed by atoms with Crippen molar-refractivity contribution in [1.82, 2.24) is 4.98 Å². The molecule has 0 saturated heterocycles. The van der Waals surface area contributed by atoms with Crippen LogP contribution < -0.4 is 11.5 Å². The number of hydrogen-bond donors (Lipinski definition) is 2. The molecule has 1 aromatic heterocycles. The van der Waals surface area contributed by atoms with Crippen LogP contribution in [0.1, 0.15) is 10.4 Å². The van der Waals surface area contributed by atoms with Crippen molar-refractivity contribution in [2.24, 2.45) is 5.73 Å². The molecule has 0 aliphatic rings. The highest BCUT2D eigenvalue weighted by atomic mass is 32.2.